The molecule has 0 radical (unpaired) electrons. The number of benzene rings is 3. The molecule has 4 rings (SSSR count). The maximum Gasteiger partial charge on any atom is 0.308 e. The molecular formula is C38H45N3O6Si. The van der Waals surface area contributed by atoms with Gasteiger partial charge in [0.1, 0.15) is 11.9 Å². The summed E-state index contributed by atoms with van der Waals surface area (Å²) in [4.78, 5) is 59.3. The molecule has 48 heavy (non-hydrogen) atoms. The van der Waals surface area contributed by atoms with Crippen LogP contribution in [0.2, 0.25) is 18.1 Å². The highest BCUT2D eigenvalue weighted by atomic mass is 28.4. The number of hydrogen-bond acceptors (Lipinski definition) is 7. The third kappa shape index (κ3) is 8.61. The van der Waals surface area contributed by atoms with E-state index in [1.807, 2.05) is 44.2 Å². The van der Waals surface area contributed by atoms with Gasteiger partial charge in [-0.2, -0.15) is 9.69 Å². The van der Waals surface area contributed by atoms with Crippen LogP contribution in [0.5, 0.6) is 5.75 Å². The first kappa shape index (κ1) is 36.2. The minimum Gasteiger partial charge on any atom is -0.427 e. The summed E-state index contributed by atoms with van der Waals surface area (Å²) in [6.45, 7) is 15.9. The Bertz CT molecular complexity index is 1880. The number of amides is 2. The standard InChI is InChI=1S/C38H45N3O6Si/c1-26(2)35(47-48(7,8)38(4,5)6)36-39-32-20-13-12-19-31(32)37(45)41(36)40(33(43)23-21-28-15-10-9-11-16-28)34(44)24-22-29-17-14-18-30(25-29)46-27(3)42/h9-21,23,25-26,35H,22,24H2,1-8H3/b23-21+/t35-/m0/s1. The van der Waals surface area contributed by atoms with Crippen molar-refractivity contribution in [2.24, 2.45) is 5.92 Å². The third-order valence-electron chi connectivity index (χ3n) is 8.52. The molecule has 0 saturated heterocycles. The minimum atomic E-state index is -2.44. The molecule has 0 aliphatic carbocycles. The normalized spacial score (nSPS) is 12.8. The number of imide groups is 1. The minimum absolute atomic E-state index is 0.122. The lowest BCUT2D eigenvalue weighted by Crippen LogP contribution is -2.53. The zero-order chi connectivity index (χ0) is 35.2. The molecule has 0 N–H and O–H groups in total. The van der Waals surface area contributed by atoms with Gasteiger partial charge in [0.15, 0.2) is 14.1 Å². The highest BCUT2D eigenvalue weighted by Crippen LogP contribution is 2.41. The number of fused-ring (bicyclic) bond motifs is 1. The second-order valence-electron chi connectivity index (χ2n) is 13.7. The van der Waals surface area contributed by atoms with E-state index in [0.717, 1.165) is 20.8 Å². The van der Waals surface area contributed by atoms with Crippen molar-refractivity contribution in [2.45, 2.75) is 78.6 Å². The Morgan fingerprint density at radius 3 is 2.27 bits per heavy atom. The van der Waals surface area contributed by atoms with Gasteiger partial charge in [-0.3, -0.25) is 19.2 Å². The van der Waals surface area contributed by atoms with E-state index in [1.54, 1.807) is 54.6 Å². The van der Waals surface area contributed by atoms with Crippen LogP contribution in [0.4, 0.5) is 0 Å². The monoisotopic (exact) mass is 667 g/mol. The van der Waals surface area contributed by atoms with Crippen LogP contribution < -0.4 is 15.3 Å². The summed E-state index contributed by atoms with van der Waals surface area (Å²) in [5.41, 5.74) is 1.37. The van der Waals surface area contributed by atoms with Crippen molar-refractivity contribution in [3.63, 3.8) is 0 Å². The zero-order valence-electron chi connectivity index (χ0n) is 29.0. The van der Waals surface area contributed by atoms with E-state index < -0.39 is 37.8 Å². The van der Waals surface area contributed by atoms with Crippen molar-refractivity contribution in [2.75, 3.05) is 5.01 Å². The number of rotatable bonds is 11. The summed E-state index contributed by atoms with van der Waals surface area (Å²) >= 11 is 0. The molecule has 0 aliphatic heterocycles. The predicted molar refractivity (Wildman–Crippen MR) is 192 cm³/mol. The highest BCUT2D eigenvalue weighted by molar-refractivity contribution is 6.74. The molecular weight excluding hydrogens is 623 g/mol. The number of para-hydroxylation sites is 1. The molecule has 0 fully saturated rings. The van der Waals surface area contributed by atoms with Crippen molar-refractivity contribution < 1.29 is 23.5 Å². The molecule has 252 valence electrons. The van der Waals surface area contributed by atoms with Crippen molar-refractivity contribution in [1.82, 2.24) is 9.66 Å². The second-order valence-corrected chi connectivity index (χ2v) is 18.4. The number of aryl methyl sites for hydroxylation is 1. The number of hydrogen-bond donors (Lipinski definition) is 0. The van der Waals surface area contributed by atoms with E-state index in [1.165, 1.54) is 13.0 Å². The first-order valence-corrected chi connectivity index (χ1v) is 19.1. The van der Waals surface area contributed by atoms with E-state index in [-0.39, 0.29) is 35.0 Å². The van der Waals surface area contributed by atoms with Crippen molar-refractivity contribution in [1.29, 1.82) is 0 Å². The maximum absolute atomic E-state index is 14.4. The van der Waals surface area contributed by atoms with Crippen molar-refractivity contribution in [3.05, 3.63) is 112 Å². The predicted octanol–water partition coefficient (Wildman–Crippen LogP) is 7.38. The van der Waals surface area contributed by atoms with Gasteiger partial charge in [-0.25, -0.2) is 4.98 Å². The van der Waals surface area contributed by atoms with Gasteiger partial charge < -0.3 is 9.16 Å². The Labute approximate surface area is 283 Å². The zero-order valence-corrected chi connectivity index (χ0v) is 30.0. The van der Waals surface area contributed by atoms with Gasteiger partial charge in [0.05, 0.1) is 10.9 Å². The molecule has 4 aromatic rings. The number of carbonyl (C=O) groups is 3. The van der Waals surface area contributed by atoms with Crippen LogP contribution in [0.1, 0.15) is 71.0 Å². The van der Waals surface area contributed by atoms with Crippen molar-refractivity contribution >= 4 is 43.1 Å². The molecule has 0 unspecified atom stereocenters. The fourth-order valence-corrected chi connectivity index (χ4v) is 6.29. The summed E-state index contributed by atoms with van der Waals surface area (Å²) < 4.78 is 13.2. The van der Waals surface area contributed by atoms with Crippen LogP contribution in [0, 0.1) is 5.92 Å². The summed E-state index contributed by atoms with van der Waals surface area (Å²) in [5.74, 6) is -1.38. The average Bonchev–Trinajstić information content (AvgIpc) is 3.02. The lowest BCUT2D eigenvalue weighted by molar-refractivity contribution is -0.132. The molecule has 0 aliphatic rings. The van der Waals surface area contributed by atoms with Crippen LogP contribution in [-0.4, -0.2) is 35.8 Å². The van der Waals surface area contributed by atoms with Crippen LogP contribution in [0.25, 0.3) is 17.0 Å². The van der Waals surface area contributed by atoms with Gasteiger partial charge in [-0.05, 0) is 71.9 Å². The van der Waals surface area contributed by atoms with E-state index >= 15 is 0 Å². The third-order valence-corrected chi connectivity index (χ3v) is 13.0. The van der Waals surface area contributed by atoms with E-state index in [2.05, 4.69) is 33.9 Å². The van der Waals surface area contributed by atoms with Gasteiger partial charge in [0, 0.05) is 19.4 Å². The summed E-state index contributed by atoms with van der Waals surface area (Å²) in [7, 11) is -2.44. The molecule has 3 aromatic carbocycles. The molecule has 0 saturated carbocycles. The lowest BCUT2D eigenvalue weighted by atomic mass is 10.1. The summed E-state index contributed by atoms with van der Waals surface area (Å²) in [5, 5.41) is 1.01. The second kappa shape index (κ2) is 15.0. The Morgan fingerprint density at radius 2 is 1.62 bits per heavy atom. The Kier molecular flexibility index (Phi) is 11.3. The van der Waals surface area contributed by atoms with Crippen LogP contribution >= 0.6 is 0 Å². The molecule has 1 aromatic heterocycles. The van der Waals surface area contributed by atoms with Crippen molar-refractivity contribution in [3.8, 4) is 5.75 Å². The first-order valence-electron chi connectivity index (χ1n) is 16.2. The topological polar surface area (TPSA) is 108 Å². The molecule has 1 atom stereocenters. The number of esters is 1. The largest absolute Gasteiger partial charge is 0.427 e. The lowest BCUT2D eigenvalue weighted by Gasteiger charge is -2.41. The quantitative estimate of drug-likeness (QED) is 0.0711. The number of nitrogens with zero attached hydrogens (tertiary/aromatic N) is 3. The Balaban J connectivity index is 1.89. The van der Waals surface area contributed by atoms with Crippen LogP contribution in [-0.2, 0) is 25.2 Å². The van der Waals surface area contributed by atoms with E-state index in [9.17, 15) is 19.2 Å². The number of carbonyl (C=O) groups excluding carboxylic acids is 3. The number of aromatic nitrogens is 2. The smallest absolute Gasteiger partial charge is 0.308 e. The fraction of sp³-hybridized carbons (Fsp3) is 0.342. The van der Waals surface area contributed by atoms with Gasteiger partial charge in [-0.1, -0.05) is 89.2 Å². The van der Waals surface area contributed by atoms with E-state index in [0.29, 0.717) is 11.3 Å². The Hall–Kier alpha value is -4.67. The maximum atomic E-state index is 14.4. The molecule has 2 amide bonds. The average molecular weight is 668 g/mol. The molecule has 0 spiro atoms. The molecule has 10 heteroatoms. The Morgan fingerprint density at radius 1 is 0.958 bits per heavy atom. The fourth-order valence-electron chi connectivity index (χ4n) is 4.92. The molecule has 1 heterocycles. The summed E-state index contributed by atoms with van der Waals surface area (Å²) in [6.07, 6.45) is 2.29. The van der Waals surface area contributed by atoms with Gasteiger partial charge in [-0.15, -0.1) is 0 Å². The molecule has 9 nitrogen and oxygen atoms in total. The van der Waals surface area contributed by atoms with Gasteiger partial charge in [0.25, 0.3) is 11.5 Å². The van der Waals surface area contributed by atoms with Gasteiger partial charge >= 0.3 is 5.97 Å². The van der Waals surface area contributed by atoms with Crippen LogP contribution in [0.15, 0.2) is 89.7 Å². The molecule has 0 bridgehead atoms. The van der Waals surface area contributed by atoms with E-state index in [4.69, 9.17) is 14.1 Å². The highest BCUT2D eigenvalue weighted by Gasteiger charge is 2.42. The van der Waals surface area contributed by atoms with Gasteiger partial charge in [0.2, 0.25) is 5.91 Å². The SMILES string of the molecule is CC(=O)Oc1cccc(CCC(=O)N(C(=O)/C=C/c2ccccc2)n2c([C@@H](O[Si](C)(C)C(C)(C)C)C(C)C)nc3ccccc3c2=O)c1. The first-order chi connectivity index (χ1) is 22.6. The summed E-state index contributed by atoms with van der Waals surface area (Å²) in [6, 6.07) is 23.0. The van der Waals surface area contributed by atoms with Crippen LogP contribution in [0.3, 0.4) is 0 Å². The number of ether oxygens (including phenoxy) is 1.